The Morgan fingerprint density at radius 3 is 1.81 bits per heavy atom. The van der Waals surface area contributed by atoms with Gasteiger partial charge in [0.15, 0.2) is 0 Å². The molecule has 0 unspecified atom stereocenters. The standard InChI is InChI=1S/C14H15NS/c1-11-3-7-13(8-4-11)16-14-9-5-12(15-2)6-10-14/h3-10,15H,1-2H3. The van der Waals surface area contributed by atoms with E-state index in [1.165, 1.54) is 15.4 Å². The number of hydrogen-bond acceptors (Lipinski definition) is 2. The van der Waals surface area contributed by atoms with Crippen LogP contribution in [0.1, 0.15) is 5.56 Å². The minimum Gasteiger partial charge on any atom is -0.388 e. The summed E-state index contributed by atoms with van der Waals surface area (Å²) in [6, 6.07) is 17.1. The lowest BCUT2D eigenvalue weighted by atomic mass is 10.2. The predicted molar refractivity (Wildman–Crippen MR) is 71.3 cm³/mol. The summed E-state index contributed by atoms with van der Waals surface area (Å²) < 4.78 is 0. The average Bonchev–Trinajstić information content (AvgIpc) is 2.33. The van der Waals surface area contributed by atoms with Crippen molar-refractivity contribution in [3.63, 3.8) is 0 Å². The van der Waals surface area contributed by atoms with Crippen LogP contribution >= 0.6 is 11.8 Å². The van der Waals surface area contributed by atoms with Crippen molar-refractivity contribution >= 4 is 17.4 Å². The van der Waals surface area contributed by atoms with E-state index in [4.69, 9.17) is 0 Å². The lowest BCUT2D eigenvalue weighted by Gasteiger charge is -2.04. The van der Waals surface area contributed by atoms with Gasteiger partial charge in [-0.2, -0.15) is 0 Å². The van der Waals surface area contributed by atoms with Crippen molar-refractivity contribution in [3.8, 4) is 0 Å². The van der Waals surface area contributed by atoms with E-state index in [2.05, 4.69) is 60.8 Å². The third kappa shape index (κ3) is 2.80. The van der Waals surface area contributed by atoms with Crippen LogP contribution in [0.25, 0.3) is 0 Å². The molecule has 0 radical (unpaired) electrons. The molecule has 1 N–H and O–H groups in total. The van der Waals surface area contributed by atoms with Gasteiger partial charge < -0.3 is 5.32 Å². The normalized spacial score (nSPS) is 10.1. The Bertz CT molecular complexity index is 445. The zero-order valence-corrected chi connectivity index (χ0v) is 10.3. The van der Waals surface area contributed by atoms with Crippen molar-refractivity contribution in [3.05, 3.63) is 54.1 Å². The zero-order valence-electron chi connectivity index (χ0n) is 9.53. The van der Waals surface area contributed by atoms with Crippen molar-refractivity contribution in [2.45, 2.75) is 16.7 Å². The van der Waals surface area contributed by atoms with Crippen LogP contribution in [-0.4, -0.2) is 7.05 Å². The molecule has 0 saturated heterocycles. The van der Waals surface area contributed by atoms with Gasteiger partial charge in [-0.25, -0.2) is 0 Å². The molecule has 0 saturated carbocycles. The Hall–Kier alpha value is -1.41. The van der Waals surface area contributed by atoms with Gasteiger partial charge in [0.2, 0.25) is 0 Å². The molecule has 16 heavy (non-hydrogen) atoms. The minimum atomic E-state index is 1.15. The fourth-order valence-corrected chi connectivity index (χ4v) is 2.25. The third-order valence-electron chi connectivity index (χ3n) is 2.40. The van der Waals surface area contributed by atoms with Gasteiger partial charge >= 0.3 is 0 Å². The first kappa shape index (κ1) is 11.1. The maximum atomic E-state index is 3.12. The van der Waals surface area contributed by atoms with Crippen LogP contribution in [0.5, 0.6) is 0 Å². The molecule has 2 aromatic rings. The van der Waals surface area contributed by atoms with Crippen molar-refractivity contribution in [1.29, 1.82) is 0 Å². The van der Waals surface area contributed by atoms with Crippen LogP contribution < -0.4 is 5.32 Å². The lowest BCUT2D eigenvalue weighted by Crippen LogP contribution is -1.86. The van der Waals surface area contributed by atoms with E-state index in [0.29, 0.717) is 0 Å². The van der Waals surface area contributed by atoms with Crippen LogP contribution in [-0.2, 0) is 0 Å². The molecule has 2 rings (SSSR count). The van der Waals surface area contributed by atoms with Crippen molar-refractivity contribution in [2.24, 2.45) is 0 Å². The molecule has 0 aromatic heterocycles. The maximum Gasteiger partial charge on any atom is 0.0338 e. The highest BCUT2D eigenvalue weighted by Crippen LogP contribution is 2.28. The van der Waals surface area contributed by atoms with Crippen molar-refractivity contribution in [1.82, 2.24) is 0 Å². The summed E-state index contributed by atoms with van der Waals surface area (Å²) >= 11 is 1.79. The summed E-state index contributed by atoms with van der Waals surface area (Å²) in [6.07, 6.45) is 0. The van der Waals surface area contributed by atoms with Gasteiger partial charge in [-0.05, 0) is 43.3 Å². The zero-order chi connectivity index (χ0) is 11.4. The highest BCUT2D eigenvalue weighted by molar-refractivity contribution is 7.99. The Kier molecular flexibility index (Phi) is 3.52. The molecule has 0 spiro atoms. The van der Waals surface area contributed by atoms with Crippen LogP contribution in [0.15, 0.2) is 58.3 Å². The largest absolute Gasteiger partial charge is 0.388 e. The van der Waals surface area contributed by atoms with E-state index in [-0.39, 0.29) is 0 Å². The van der Waals surface area contributed by atoms with E-state index in [1.807, 2.05) is 7.05 Å². The minimum absolute atomic E-state index is 1.15. The molecular formula is C14H15NS. The monoisotopic (exact) mass is 229 g/mol. The lowest BCUT2D eigenvalue weighted by molar-refractivity contribution is 1.36. The molecule has 0 heterocycles. The van der Waals surface area contributed by atoms with Crippen molar-refractivity contribution in [2.75, 3.05) is 12.4 Å². The number of benzene rings is 2. The summed E-state index contributed by atoms with van der Waals surface area (Å²) in [5.74, 6) is 0. The van der Waals surface area contributed by atoms with E-state index >= 15 is 0 Å². The highest BCUT2D eigenvalue weighted by atomic mass is 32.2. The smallest absolute Gasteiger partial charge is 0.0338 e. The van der Waals surface area contributed by atoms with Gasteiger partial charge in [0.05, 0.1) is 0 Å². The number of hydrogen-bond donors (Lipinski definition) is 1. The molecule has 1 nitrogen and oxygen atoms in total. The summed E-state index contributed by atoms with van der Waals surface area (Å²) in [6.45, 7) is 2.11. The summed E-state index contributed by atoms with van der Waals surface area (Å²) in [7, 11) is 1.93. The van der Waals surface area contributed by atoms with E-state index < -0.39 is 0 Å². The SMILES string of the molecule is CNc1ccc(Sc2ccc(C)cc2)cc1. The first-order chi connectivity index (χ1) is 7.78. The quantitative estimate of drug-likeness (QED) is 0.847. The molecule has 0 bridgehead atoms. The van der Waals surface area contributed by atoms with Gasteiger partial charge in [0.25, 0.3) is 0 Å². The molecule has 0 aliphatic carbocycles. The van der Waals surface area contributed by atoms with E-state index in [9.17, 15) is 0 Å². The first-order valence-corrected chi connectivity index (χ1v) is 6.12. The molecule has 82 valence electrons. The fraction of sp³-hybridized carbons (Fsp3) is 0.143. The number of aryl methyl sites for hydroxylation is 1. The number of anilines is 1. The van der Waals surface area contributed by atoms with Gasteiger partial charge in [0, 0.05) is 22.5 Å². The molecular weight excluding hydrogens is 214 g/mol. The van der Waals surface area contributed by atoms with Gasteiger partial charge in [0.1, 0.15) is 0 Å². The molecule has 2 aromatic carbocycles. The Labute approximate surface area is 101 Å². The Morgan fingerprint density at radius 1 is 0.812 bits per heavy atom. The van der Waals surface area contributed by atoms with Gasteiger partial charge in [-0.15, -0.1) is 0 Å². The molecule has 0 atom stereocenters. The van der Waals surface area contributed by atoms with E-state index in [0.717, 1.165) is 5.69 Å². The fourth-order valence-electron chi connectivity index (χ4n) is 1.43. The average molecular weight is 229 g/mol. The third-order valence-corrected chi connectivity index (χ3v) is 3.42. The van der Waals surface area contributed by atoms with Crippen LogP contribution in [0.4, 0.5) is 5.69 Å². The molecule has 0 fully saturated rings. The first-order valence-electron chi connectivity index (χ1n) is 5.30. The Balaban J connectivity index is 2.11. The summed E-state index contributed by atoms with van der Waals surface area (Å²) in [5.41, 5.74) is 2.45. The van der Waals surface area contributed by atoms with Crippen LogP contribution in [0.3, 0.4) is 0 Å². The second-order valence-electron chi connectivity index (χ2n) is 3.69. The predicted octanol–water partition coefficient (Wildman–Crippen LogP) is 4.19. The summed E-state index contributed by atoms with van der Waals surface area (Å²) in [4.78, 5) is 2.55. The molecule has 0 aliphatic heterocycles. The van der Waals surface area contributed by atoms with Crippen molar-refractivity contribution < 1.29 is 0 Å². The van der Waals surface area contributed by atoms with Crippen LogP contribution in [0, 0.1) is 6.92 Å². The topological polar surface area (TPSA) is 12.0 Å². The number of rotatable bonds is 3. The molecule has 0 aliphatic rings. The van der Waals surface area contributed by atoms with Gasteiger partial charge in [-0.3, -0.25) is 0 Å². The maximum absolute atomic E-state index is 3.12. The second-order valence-corrected chi connectivity index (χ2v) is 4.84. The second kappa shape index (κ2) is 5.08. The molecule has 2 heteroatoms. The highest BCUT2D eigenvalue weighted by Gasteiger charge is 1.97. The molecule has 0 amide bonds. The van der Waals surface area contributed by atoms with Gasteiger partial charge in [-0.1, -0.05) is 29.5 Å². The van der Waals surface area contributed by atoms with E-state index in [1.54, 1.807) is 11.8 Å². The Morgan fingerprint density at radius 2 is 1.31 bits per heavy atom. The number of nitrogens with one attached hydrogen (secondary N) is 1. The van der Waals surface area contributed by atoms with Crippen LogP contribution in [0.2, 0.25) is 0 Å². The summed E-state index contributed by atoms with van der Waals surface area (Å²) in [5, 5.41) is 3.12.